The molecule has 134 valence electrons. The van der Waals surface area contributed by atoms with Gasteiger partial charge in [-0.2, -0.15) is 0 Å². The topological polar surface area (TPSA) is 59.3 Å². The van der Waals surface area contributed by atoms with Gasteiger partial charge in [-0.05, 0) is 34.4 Å². The SMILES string of the molecule is O=C(Nc1cccc2ccccc12)c1cc2c(ccc3ccccc32)oc1=O. The highest BCUT2D eigenvalue weighted by Crippen LogP contribution is 2.26. The molecule has 5 rings (SSSR count). The van der Waals surface area contributed by atoms with Crippen molar-refractivity contribution in [1.82, 2.24) is 0 Å². The Hall–Kier alpha value is -3.92. The minimum Gasteiger partial charge on any atom is -0.422 e. The van der Waals surface area contributed by atoms with E-state index in [0.29, 0.717) is 11.3 Å². The molecule has 0 bridgehead atoms. The number of rotatable bonds is 2. The maximum Gasteiger partial charge on any atom is 0.349 e. The van der Waals surface area contributed by atoms with Crippen molar-refractivity contribution < 1.29 is 9.21 Å². The van der Waals surface area contributed by atoms with Crippen molar-refractivity contribution in [1.29, 1.82) is 0 Å². The molecule has 5 aromatic rings. The molecule has 1 amide bonds. The van der Waals surface area contributed by atoms with Gasteiger partial charge in [-0.1, -0.05) is 66.7 Å². The van der Waals surface area contributed by atoms with E-state index < -0.39 is 11.5 Å². The summed E-state index contributed by atoms with van der Waals surface area (Å²) in [5.41, 5.74) is 0.447. The van der Waals surface area contributed by atoms with E-state index in [1.54, 1.807) is 12.1 Å². The number of nitrogens with one attached hydrogen (secondary N) is 1. The van der Waals surface area contributed by atoms with Gasteiger partial charge in [-0.15, -0.1) is 0 Å². The summed E-state index contributed by atoms with van der Waals surface area (Å²) in [6, 6.07) is 26.5. The number of anilines is 1. The van der Waals surface area contributed by atoms with Gasteiger partial charge < -0.3 is 9.73 Å². The third-order valence-electron chi connectivity index (χ3n) is 4.92. The Labute approximate surface area is 160 Å². The summed E-state index contributed by atoms with van der Waals surface area (Å²) in [4.78, 5) is 25.3. The molecule has 0 aliphatic heterocycles. The van der Waals surface area contributed by atoms with Gasteiger partial charge in [0, 0.05) is 16.5 Å². The lowest BCUT2D eigenvalue weighted by atomic mass is 10.0. The van der Waals surface area contributed by atoms with Crippen molar-refractivity contribution in [3.8, 4) is 0 Å². The van der Waals surface area contributed by atoms with Crippen LogP contribution in [0.15, 0.2) is 94.1 Å². The largest absolute Gasteiger partial charge is 0.422 e. The molecule has 4 aromatic carbocycles. The van der Waals surface area contributed by atoms with Crippen molar-refractivity contribution in [3.63, 3.8) is 0 Å². The third kappa shape index (κ3) is 2.63. The van der Waals surface area contributed by atoms with Crippen LogP contribution in [0.2, 0.25) is 0 Å². The van der Waals surface area contributed by atoms with E-state index in [0.717, 1.165) is 26.9 Å². The molecular formula is C24H15NO3. The Kier molecular flexibility index (Phi) is 3.69. The molecule has 0 saturated heterocycles. The van der Waals surface area contributed by atoms with Crippen LogP contribution in [0.4, 0.5) is 5.69 Å². The fourth-order valence-corrected chi connectivity index (χ4v) is 3.55. The molecule has 4 nitrogen and oxygen atoms in total. The fraction of sp³-hybridized carbons (Fsp3) is 0. The molecule has 4 heteroatoms. The van der Waals surface area contributed by atoms with Crippen LogP contribution in [0, 0.1) is 0 Å². The minimum atomic E-state index is -0.652. The fourth-order valence-electron chi connectivity index (χ4n) is 3.55. The Morgan fingerprint density at radius 3 is 2.21 bits per heavy atom. The van der Waals surface area contributed by atoms with Crippen LogP contribution in [-0.2, 0) is 0 Å². The highest BCUT2D eigenvalue weighted by Gasteiger charge is 2.16. The van der Waals surface area contributed by atoms with Gasteiger partial charge in [0.05, 0.1) is 0 Å². The molecule has 1 aromatic heterocycles. The molecule has 28 heavy (non-hydrogen) atoms. The smallest absolute Gasteiger partial charge is 0.349 e. The molecule has 0 aliphatic carbocycles. The standard InChI is InChI=1S/C24H15NO3/c26-23(25-21-11-5-8-15-6-2-4-10-18(15)21)20-14-19-17-9-3-1-7-16(17)12-13-22(19)28-24(20)27/h1-14H,(H,25,26). The van der Waals surface area contributed by atoms with Crippen LogP contribution in [0.5, 0.6) is 0 Å². The Morgan fingerprint density at radius 2 is 1.39 bits per heavy atom. The van der Waals surface area contributed by atoms with Crippen molar-refractivity contribution >= 4 is 44.1 Å². The second-order valence-corrected chi connectivity index (χ2v) is 6.63. The van der Waals surface area contributed by atoms with Gasteiger partial charge in [0.25, 0.3) is 5.91 Å². The molecule has 0 aliphatic rings. The average molecular weight is 365 g/mol. The van der Waals surface area contributed by atoms with E-state index in [4.69, 9.17) is 4.42 Å². The predicted octanol–water partition coefficient (Wildman–Crippen LogP) is 5.35. The summed E-state index contributed by atoms with van der Waals surface area (Å²) in [6.45, 7) is 0. The zero-order valence-corrected chi connectivity index (χ0v) is 14.8. The van der Waals surface area contributed by atoms with E-state index in [2.05, 4.69) is 5.32 Å². The first-order valence-electron chi connectivity index (χ1n) is 8.95. The second kappa shape index (κ2) is 6.35. The molecule has 1 heterocycles. The van der Waals surface area contributed by atoms with Crippen LogP contribution >= 0.6 is 0 Å². The Morgan fingerprint density at radius 1 is 0.714 bits per heavy atom. The maximum atomic E-state index is 12.9. The summed E-state index contributed by atoms with van der Waals surface area (Å²) >= 11 is 0. The van der Waals surface area contributed by atoms with E-state index in [1.165, 1.54) is 0 Å². The van der Waals surface area contributed by atoms with E-state index in [-0.39, 0.29) is 5.56 Å². The van der Waals surface area contributed by atoms with Crippen molar-refractivity contribution in [2.45, 2.75) is 0 Å². The van der Waals surface area contributed by atoms with Gasteiger partial charge in [0.2, 0.25) is 0 Å². The van der Waals surface area contributed by atoms with Crippen LogP contribution < -0.4 is 10.9 Å². The summed E-state index contributed by atoms with van der Waals surface area (Å²) in [7, 11) is 0. The highest BCUT2D eigenvalue weighted by molar-refractivity contribution is 6.12. The molecule has 0 radical (unpaired) electrons. The molecule has 0 spiro atoms. The monoisotopic (exact) mass is 365 g/mol. The zero-order chi connectivity index (χ0) is 19.1. The normalized spacial score (nSPS) is 11.1. The van der Waals surface area contributed by atoms with Crippen LogP contribution in [0.25, 0.3) is 32.5 Å². The second-order valence-electron chi connectivity index (χ2n) is 6.63. The zero-order valence-electron chi connectivity index (χ0n) is 14.8. The number of amides is 1. The van der Waals surface area contributed by atoms with Crippen molar-refractivity contribution in [2.24, 2.45) is 0 Å². The molecular weight excluding hydrogens is 350 g/mol. The molecule has 0 atom stereocenters. The van der Waals surface area contributed by atoms with Crippen LogP contribution in [0.3, 0.4) is 0 Å². The van der Waals surface area contributed by atoms with Crippen LogP contribution in [0.1, 0.15) is 10.4 Å². The number of carbonyl (C=O) groups excluding carboxylic acids is 1. The summed E-state index contributed by atoms with van der Waals surface area (Å²) in [5, 5.41) is 7.47. The summed E-state index contributed by atoms with van der Waals surface area (Å²) < 4.78 is 5.43. The first-order valence-corrected chi connectivity index (χ1v) is 8.95. The number of benzene rings is 4. The Balaban J connectivity index is 1.63. The highest BCUT2D eigenvalue weighted by atomic mass is 16.4. The van der Waals surface area contributed by atoms with E-state index in [1.807, 2.05) is 72.8 Å². The molecule has 0 saturated carbocycles. The molecule has 0 fully saturated rings. The first kappa shape index (κ1) is 16.3. The Bertz CT molecular complexity index is 1430. The molecule has 1 N–H and O–H groups in total. The van der Waals surface area contributed by atoms with E-state index >= 15 is 0 Å². The lowest BCUT2D eigenvalue weighted by molar-refractivity contribution is 0.102. The number of hydrogen-bond acceptors (Lipinski definition) is 3. The van der Waals surface area contributed by atoms with E-state index in [9.17, 15) is 9.59 Å². The summed E-state index contributed by atoms with van der Waals surface area (Å²) in [5.74, 6) is -0.486. The van der Waals surface area contributed by atoms with Crippen molar-refractivity contribution in [3.05, 3.63) is 101 Å². The third-order valence-corrected chi connectivity index (χ3v) is 4.92. The van der Waals surface area contributed by atoms with Gasteiger partial charge in [0.1, 0.15) is 11.1 Å². The lowest BCUT2D eigenvalue weighted by Gasteiger charge is -2.09. The minimum absolute atomic E-state index is 0.0169. The van der Waals surface area contributed by atoms with Crippen molar-refractivity contribution in [2.75, 3.05) is 5.32 Å². The maximum absolute atomic E-state index is 12.9. The number of hydrogen-bond donors (Lipinski definition) is 1. The van der Waals surface area contributed by atoms with Gasteiger partial charge in [0.15, 0.2) is 0 Å². The van der Waals surface area contributed by atoms with Crippen LogP contribution in [-0.4, -0.2) is 5.91 Å². The lowest BCUT2D eigenvalue weighted by Crippen LogP contribution is -2.20. The van der Waals surface area contributed by atoms with Gasteiger partial charge in [-0.3, -0.25) is 4.79 Å². The average Bonchev–Trinajstić information content (AvgIpc) is 2.73. The molecule has 0 unspecified atom stereocenters. The quantitative estimate of drug-likeness (QED) is 0.339. The summed E-state index contributed by atoms with van der Waals surface area (Å²) in [6.07, 6.45) is 0. The van der Waals surface area contributed by atoms with Gasteiger partial charge >= 0.3 is 5.63 Å². The first-order chi connectivity index (χ1) is 13.7. The number of fused-ring (bicyclic) bond motifs is 4. The van der Waals surface area contributed by atoms with Gasteiger partial charge in [-0.25, -0.2) is 4.79 Å². The number of carbonyl (C=O) groups is 1. The predicted molar refractivity (Wildman–Crippen MR) is 112 cm³/mol.